The van der Waals surface area contributed by atoms with Gasteiger partial charge in [0, 0.05) is 0 Å². The summed E-state index contributed by atoms with van der Waals surface area (Å²) in [7, 11) is 0. The van der Waals surface area contributed by atoms with Gasteiger partial charge in [-0.2, -0.15) is 13.2 Å². The van der Waals surface area contributed by atoms with Crippen LogP contribution >= 0.6 is 11.6 Å². The molecule has 2 N–H and O–H groups in total. The third-order valence-corrected chi connectivity index (χ3v) is 2.46. The van der Waals surface area contributed by atoms with Crippen molar-refractivity contribution in [3.05, 3.63) is 34.3 Å². The van der Waals surface area contributed by atoms with Crippen molar-refractivity contribution in [3.63, 3.8) is 0 Å². The van der Waals surface area contributed by atoms with Crippen molar-refractivity contribution in [3.8, 4) is 0 Å². The largest absolute Gasteiger partial charge is 0.417 e. The summed E-state index contributed by atoms with van der Waals surface area (Å²) in [6.45, 7) is 0. The van der Waals surface area contributed by atoms with E-state index >= 15 is 0 Å². The molecule has 0 aliphatic rings. The first kappa shape index (κ1) is 14.2. The summed E-state index contributed by atoms with van der Waals surface area (Å²) in [5.41, 5.74) is 4.12. The molecule has 0 radical (unpaired) electrons. The lowest BCUT2D eigenvalue weighted by Gasteiger charge is -2.13. The highest BCUT2D eigenvalue weighted by molar-refractivity contribution is 6.31. The van der Waals surface area contributed by atoms with Crippen molar-refractivity contribution in [1.29, 1.82) is 0 Å². The second-order valence-corrected chi connectivity index (χ2v) is 3.92. The molecule has 0 heterocycles. The number of benzene rings is 1. The van der Waals surface area contributed by atoms with E-state index in [1.165, 1.54) is 6.07 Å². The molecule has 0 aliphatic carbocycles. The molecule has 1 unspecified atom stereocenters. The Labute approximate surface area is 99.4 Å². The van der Waals surface area contributed by atoms with Crippen molar-refractivity contribution >= 4 is 11.6 Å². The summed E-state index contributed by atoms with van der Waals surface area (Å²) in [5.74, 6) is 0. The molecule has 1 rings (SSSR count). The second-order valence-electron chi connectivity index (χ2n) is 3.51. The van der Waals surface area contributed by atoms with Crippen LogP contribution in [0.4, 0.5) is 22.0 Å². The highest BCUT2D eigenvalue weighted by atomic mass is 35.5. The number of hydrogen-bond acceptors (Lipinski definition) is 1. The van der Waals surface area contributed by atoms with Crippen LogP contribution in [0.15, 0.2) is 18.2 Å². The zero-order valence-corrected chi connectivity index (χ0v) is 9.19. The van der Waals surface area contributed by atoms with E-state index in [1.807, 2.05) is 0 Å². The summed E-state index contributed by atoms with van der Waals surface area (Å²) >= 11 is 5.38. The molecule has 0 fully saturated rings. The fourth-order valence-corrected chi connectivity index (χ4v) is 1.50. The Morgan fingerprint density at radius 2 is 1.82 bits per heavy atom. The minimum Gasteiger partial charge on any atom is -0.323 e. The molecule has 0 bridgehead atoms. The standard InChI is InChI=1S/C10H9ClF5N/c11-7-2-1-5(4-8(17)9(12)13)3-6(7)10(14,15)16/h1-3,8-9H,4,17H2. The van der Waals surface area contributed by atoms with Gasteiger partial charge in [0.25, 0.3) is 6.43 Å². The van der Waals surface area contributed by atoms with Crippen LogP contribution in [0.5, 0.6) is 0 Å². The van der Waals surface area contributed by atoms with E-state index in [2.05, 4.69) is 0 Å². The van der Waals surface area contributed by atoms with Gasteiger partial charge in [-0.15, -0.1) is 0 Å². The molecular formula is C10H9ClF5N. The zero-order chi connectivity index (χ0) is 13.2. The fourth-order valence-electron chi connectivity index (χ4n) is 1.28. The Bertz CT molecular complexity index is 391. The summed E-state index contributed by atoms with van der Waals surface area (Å²) in [4.78, 5) is 0. The quantitative estimate of drug-likeness (QED) is 0.838. The van der Waals surface area contributed by atoms with Crippen LogP contribution in [-0.2, 0) is 12.6 Å². The molecule has 0 aliphatic heterocycles. The van der Waals surface area contributed by atoms with Crippen molar-refractivity contribution in [2.24, 2.45) is 5.73 Å². The van der Waals surface area contributed by atoms with Crippen LogP contribution in [0.2, 0.25) is 5.02 Å². The summed E-state index contributed by atoms with van der Waals surface area (Å²) in [6.07, 6.45) is -7.72. The van der Waals surface area contributed by atoms with E-state index in [1.54, 1.807) is 0 Å². The van der Waals surface area contributed by atoms with Crippen LogP contribution < -0.4 is 5.73 Å². The number of hydrogen-bond donors (Lipinski definition) is 1. The lowest BCUT2D eigenvalue weighted by atomic mass is 10.0. The van der Waals surface area contributed by atoms with Gasteiger partial charge in [0.15, 0.2) is 0 Å². The molecule has 1 atom stereocenters. The lowest BCUT2D eigenvalue weighted by molar-refractivity contribution is -0.137. The first-order chi connectivity index (χ1) is 7.71. The van der Waals surface area contributed by atoms with Crippen molar-refractivity contribution < 1.29 is 22.0 Å². The van der Waals surface area contributed by atoms with Gasteiger partial charge in [0.05, 0.1) is 16.6 Å². The van der Waals surface area contributed by atoms with Crippen LogP contribution in [0, 0.1) is 0 Å². The SMILES string of the molecule is NC(Cc1ccc(Cl)c(C(F)(F)F)c1)C(F)F. The minimum atomic E-state index is -4.61. The lowest BCUT2D eigenvalue weighted by Crippen LogP contribution is -2.31. The Morgan fingerprint density at radius 1 is 1.24 bits per heavy atom. The van der Waals surface area contributed by atoms with E-state index in [-0.39, 0.29) is 12.0 Å². The Morgan fingerprint density at radius 3 is 2.29 bits per heavy atom. The highest BCUT2D eigenvalue weighted by Crippen LogP contribution is 2.35. The minimum absolute atomic E-state index is 0.0783. The molecule has 0 spiro atoms. The molecular weight excluding hydrogens is 265 g/mol. The Kier molecular flexibility index (Phi) is 4.32. The van der Waals surface area contributed by atoms with Gasteiger partial charge < -0.3 is 5.73 Å². The highest BCUT2D eigenvalue weighted by Gasteiger charge is 2.33. The molecule has 7 heteroatoms. The smallest absolute Gasteiger partial charge is 0.323 e. The van der Waals surface area contributed by atoms with Gasteiger partial charge in [-0.25, -0.2) is 8.78 Å². The molecule has 0 amide bonds. The normalized spacial score (nSPS) is 14.1. The van der Waals surface area contributed by atoms with E-state index in [4.69, 9.17) is 17.3 Å². The third kappa shape index (κ3) is 3.81. The first-order valence-corrected chi connectivity index (χ1v) is 4.99. The maximum absolute atomic E-state index is 12.5. The third-order valence-electron chi connectivity index (χ3n) is 2.13. The van der Waals surface area contributed by atoms with Gasteiger partial charge in [-0.1, -0.05) is 17.7 Å². The monoisotopic (exact) mass is 273 g/mol. The van der Waals surface area contributed by atoms with Crippen molar-refractivity contribution in [2.45, 2.75) is 25.1 Å². The van der Waals surface area contributed by atoms with Crippen LogP contribution in [0.1, 0.15) is 11.1 Å². The maximum atomic E-state index is 12.5. The zero-order valence-electron chi connectivity index (χ0n) is 8.44. The summed E-state index contributed by atoms with van der Waals surface area (Å²) in [5, 5.41) is -0.466. The molecule has 0 aromatic heterocycles. The number of halogens is 6. The van der Waals surface area contributed by atoms with Gasteiger partial charge in [0.2, 0.25) is 0 Å². The van der Waals surface area contributed by atoms with Crippen molar-refractivity contribution in [1.82, 2.24) is 0 Å². The first-order valence-electron chi connectivity index (χ1n) is 4.61. The Balaban J connectivity index is 2.97. The number of rotatable bonds is 3. The molecule has 96 valence electrons. The fraction of sp³-hybridized carbons (Fsp3) is 0.400. The predicted molar refractivity (Wildman–Crippen MR) is 54.1 cm³/mol. The summed E-state index contributed by atoms with van der Waals surface area (Å²) < 4.78 is 61.7. The van der Waals surface area contributed by atoms with Gasteiger partial charge in [-0.05, 0) is 24.1 Å². The van der Waals surface area contributed by atoms with E-state index in [0.717, 1.165) is 12.1 Å². The average Bonchev–Trinajstić information content (AvgIpc) is 2.19. The second kappa shape index (κ2) is 5.18. The molecule has 0 saturated carbocycles. The Hall–Kier alpha value is -0.880. The van der Waals surface area contributed by atoms with Crippen LogP contribution in [0.25, 0.3) is 0 Å². The molecule has 0 saturated heterocycles. The molecule has 1 aromatic rings. The molecule has 17 heavy (non-hydrogen) atoms. The number of nitrogens with two attached hydrogens (primary N) is 1. The maximum Gasteiger partial charge on any atom is 0.417 e. The van der Waals surface area contributed by atoms with Gasteiger partial charge in [-0.3, -0.25) is 0 Å². The van der Waals surface area contributed by atoms with E-state index in [0.29, 0.717) is 0 Å². The van der Waals surface area contributed by atoms with E-state index < -0.39 is 29.2 Å². The average molecular weight is 274 g/mol. The molecule has 1 aromatic carbocycles. The van der Waals surface area contributed by atoms with Gasteiger partial charge >= 0.3 is 6.18 Å². The summed E-state index contributed by atoms with van der Waals surface area (Å²) in [6, 6.07) is 1.53. The van der Waals surface area contributed by atoms with Crippen LogP contribution in [0.3, 0.4) is 0 Å². The van der Waals surface area contributed by atoms with Crippen LogP contribution in [-0.4, -0.2) is 12.5 Å². The molecule has 1 nitrogen and oxygen atoms in total. The van der Waals surface area contributed by atoms with Gasteiger partial charge in [0.1, 0.15) is 0 Å². The number of alkyl halides is 5. The van der Waals surface area contributed by atoms with Crippen molar-refractivity contribution in [2.75, 3.05) is 0 Å². The van der Waals surface area contributed by atoms with E-state index in [9.17, 15) is 22.0 Å². The predicted octanol–water partition coefficient (Wildman–Crippen LogP) is 3.49. The topological polar surface area (TPSA) is 26.0 Å².